The van der Waals surface area contributed by atoms with Gasteiger partial charge in [-0.1, -0.05) is 0 Å². The van der Waals surface area contributed by atoms with Gasteiger partial charge in [0.05, 0.1) is 12.5 Å². The summed E-state index contributed by atoms with van der Waals surface area (Å²) in [6, 6.07) is 0.901. The van der Waals surface area contributed by atoms with Gasteiger partial charge < -0.3 is 9.64 Å². The van der Waals surface area contributed by atoms with Crippen LogP contribution in [0.15, 0.2) is 12.1 Å². The normalized spacial score (nSPS) is 21.5. The number of carbonyl (C=O) groups is 2. The number of hydrogen-bond donors (Lipinski definition) is 0. The quantitative estimate of drug-likeness (QED) is 0.786. The highest BCUT2D eigenvalue weighted by Gasteiger charge is 2.43. The van der Waals surface area contributed by atoms with Crippen LogP contribution in [-0.4, -0.2) is 37.0 Å². The Labute approximate surface area is 119 Å². The number of likely N-dealkylation sites (tertiary alicyclic amines) is 1. The van der Waals surface area contributed by atoms with Gasteiger partial charge in [0.25, 0.3) is 5.91 Å². The Kier molecular flexibility index (Phi) is 3.93. The van der Waals surface area contributed by atoms with Gasteiger partial charge in [-0.2, -0.15) is 0 Å². The highest BCUT2D eigenvalue weighted by Crippen LogP contribution is 2.32. The van der Waals surface area contributed by atoms with Crippen LogP contribution in [0.25, 0.3) is 0 Å². The molecule has 0 radical (unpaired) electrons. The van der Waals surface area contributed by atoms with Crippen molar-refractivity contribution in [2.24, 2.45) is 5.41 Å². The minimum atomic E-state index is -1.26. The van der Waals surface area contributed by atoms with Crippen LogP contribution in [0.1, 0.15) is 23.7 Å². The predicted molar refractivity (Wildman–Crippen MR) is 67.0 cm³/mol. The molecule has 2 rings (SSSR count). The van der Waals surface area contributed by atoms with E-state index in [4.69, 9.17) is 0 Å². The first-order valence-corrected chi connectivity index (χ1v) is 6.31. The van der Waals surface area contributed by atoms with Crippen molar-refractivity contribution >= 4 is 11.9 Å². The number of hydrogen-bond acceptors (Lipinski definition) is 3. The van der Waals surface area contributed by atoms with Crippen LogP contribution in [0.5, 0.6) is 0 Å². The third-order valence-electron chi connectivity index (χ3n) is 3.66. The van der Waals surface area contributed by atoms with E-state index in [1.807, 2.05) is 0 Å². The molecule has 1 saturated heterocycles. The summed E-state index contributed by atoms with van der Waals surface area (Å²) in [5, 5.41) is 0. The molecule has 1 amide bonds. The Morgan fingerprint density at radius 2 is 1.81 bits per heavy atom. The number of methoxy groups -OCH3 is 1. The van der Waals surface area contributed by atoms with Gasteiger partial charge >= 0.3 is 5.97 Å². The van der Waals surface area contributed by atoms with Crippen LogP contribution in [0.2, 0.25) is 0 Å². The van der Waals surface area contributed by atoms with E-state index < -0.39 is 40.3 Å². The van der Waals surface area contributed by atoms with Crippen molar-refractivity contribution in [3.05, 3.63) is 35.1 Å². The summed E-state index contributed by atoms with van der Waals surface area (Å²) in [4.78, 5) is 25.0. The summed E-state index contributed by atoms with van der Waals surface area (Å²) in [6.07, 6.45) is 0.329. The molecule has 0 aliphatic carbocycles. The standard InChI is InChI=1S/C14H14F3NO3/c1-14(13(20)21-2)3-4-18(7-14)12(19)11-9(16)5-8(15)6-10(11)17/h5-6H,3-4,7H2,1-2H3. The van der Waals surface area contributed by atoms with Crippen molar-refractivity contribution in [1.29, 1.82) is 0 Å². The molecule has 1 atom stereocenters. The number of amides is 1. The molecule has 114 valence electrons. The van der Waals surface area contributed by atoms with Crippen molar-refractivity contribution < 1.29 is 27.5 Å². The van der Waals surface area contributed by atoms with Crippen molar-refractivity contribution in [2.75, 3.05) is 20.2 Å². The number of carbonyl (C=O) groups excluding carboxylic acids is 2. The zero-order chi connectivity index (χ0) is 15.8. The van der Waals surface area contributed by atoms with Crippen LogP contribution in [0, 0.1) is 22.9 Å². The van der Waals surface area contributed by atoms with Crippen LogP contribution in [0.3, 0.4) is 0 Å². The minimum Gasteiger partial charge on any atom is -0.469 e. The number of benzene rings is 1. The lowest BCUT2D eigenvalue weighted by molar-refractivity contribution is -0.150. The Bertz CT molecular complexity index is 582. The summed E-state index contributed by atoms with van der Waals surface area (Å²) in [5.74, 6) is -5.01. The van der Waals surface area contributed by atoms with E-state index in [-0.39, 0.29) is 13.1 Å². The molecule has 1 aliphatic heterocycles. The van der Waals surface area contributed by atoms with E-state index in [9.17, 15) is 22.8 Å². The fourth-order valence-electron chi connectivity index (χ4n) is 2.45. The van der Waals surface area contributed by atoms with E-state index >= 15 is 0 Å². The molecule has 1 aromatic carbocycles. The Morgan fingerprint density at radius 1 is 1.24 bits per heavy atom. The first-order chi connectivity index (χ1) is 9.78. The first kappa shape index (κ1) is 15.3. The molecule has 1 aromatic rings. The van der Waals surface area contributed by atoms with Crippen LogP contribution < -0.4 is 0 Å². The molecule has 1 heterocycles. The average molecular weight is 301 g/mol. The summed E-state index contributed by atoms with van der Waals surface area (Å²) in [6.45, 7) is 1.78. The van der Waals surface area contributed by atoms with Crippen molar-refractivity contribution in [3.8, 4) is 0 Å². The average Bonchev–Trinajstić information content (AvgIpc) is 2.80. The number of rotatable bonds is 2. The lowest BCUT2D eigenvalue weighted by atomic mass is 9.90. The maximum Gasteiger partial charge on any atom is 0.313 e. The molecule has 0 N–H and O–H groups in total. The second-order valence-electron chi connectivity index (χ2n) is 5.27. The smallest absolute Gasteiger partial charge is 0.313 e. The van der Waals surface area contributed by atoms with E-state index in [0.29, 0.717) is 18.6 Å². The number of nitrogens with zero attached hydrogens (tertiary/aromatic N) is 1. The van der Waals surface area contributed by atoms with E-state index in [1.54, 1.807) is 6.92 Å². The minimum absolute atomic E-state index is 0.00520. The third kappa shape index (κ3) is 2.72. The molecule has 0 saturated carbocycles. The SMILES string of the molecule is COC(=O)C1(C)CCN(C(=O)c2c(F)cc(F)cc2F)C1. The molecule has 1 unspecified atom stereocenters. The molecule has 0 aromatic heterocycles. The van der Waals surface area contributed by atoms with Gasteiger partial charge in [-0.05, 0) is 13.3 Å². The van der Waals surface area contributed by atoms with E-state index in [2.05, 4.69) is 4.74 Å². The molecule has 7 heteroatoms. The van der Waals surface area contributed by atoms with Crippen LogP contribution >= 0.6 is 0 Å². The maximum absolute atomic E-state index is 13.6. The Hall–Kier alpha value is -2.05. The predicted octanol–water partition coefficient (Wildman–Crippen LogP) is 2.13. The van der Waals surface area contributed by atoms with Crippen molar-refractivity contribution in [2.45, 2.75) is 13.3 Å². The van der Waals surface area contributed by atoms with Gasteiger partial charge in [-0.25, -0.2) is 13.2 Å². The van der Waals surface area contributed by atoms with E-state index in [1.165, 1.54) is 7.11 Å². The number of ether oxygens (including phenoxy) is 1. The second-order valence-corrected chi connectivity index (χ2v) is 5.27. The summed E-state index contributed by atoms with van der Waals surface area (Å²) in [5.41, 5.74) is -1.72. The first-order valence-electron chi connectivity index (χ1n) is 6.31. The van der Waals surface area contributed by atoms with Gasteiger partial charge in [-0.15, -0.1) is 0 Å². The lowest BCUT2D eigenvalue weighted by Crippen LogP contribution is -2.36. The number of halogens is 3. The zero-order valence-corrected chi connectivity index (χ0v) is 11.6. The summed E-state index contributed by atoms with van der Waals surface area (Å²) in [7, 11) is 1.23. The second kappa shape index (κ2) is 5.38. The molecular formula is C14H14F3NO3. The fourth-order valence-corrected chi connectivity index (χ4v) is 2.45. The summed E-state index contributed by atoms with van der Waals surface area (Å²) >= 11 is 0. The molecule has 21 heavy (non-hydrogen) atoms. The van der Waals surface area contributed by atoms with Gasteiger partial charge in [0.2, 0.25) is 0 Å². The lowest BCUT2D eigenvalue weighted by Gasteiger charge is -2.22. The monoisotopic (exact) mass is 301 g/mol. The highest BCUT2D eigenvalue weighted by molar-refractivity contribution is 5.95. The third-order valence-corrected chi connectivity index (χ3v) is 3.66. The maximum atomic E-state index is 13.6. The van der Waals surface area contributed by atoms with Gasteiger partial charge in [0.1, 0.15) is 23.0 Å². The Morgan fingerprint density at radius 3 is 2.33 bits per heavy atom. The van der Waals surface area contributed by atoms with Crippen molar-refractivity contribution in [3.63, 3.8) is 0 Å². The molecule has 1 fully saturated rings. The van der Waals surface area contributed by atoms with Crippen LogP contribution in [0.4, 0.5) is 13.2 Å². The largest absolute Gasteiger partial charge is 0.469 e. The molecule has 0 bridgehead atoms. The topological polar surface area (TPSA) is 46.6 Å². The molecule has 4 nitrogen and oxygen atoms in total. The molecule has 1 aliphatic rings. The zero-order valence-electron chi connectivity index (χ0n) is 11.6. The number of esters is 1. The van der Waals surface area contributed by atoms with Crippen molar-refractivity contribution in [1.82, 2.24) is 4.90 Å². The Balaban J connectivity index is 2.25. The van der Waals surface area contributed by atoms with E-state index in [0.717, 1.165) is 4.90 Å². The van der Waals surface area contributed by atoms with Gasteiger partial charge in [0.15, 0.2) is 0 Å². The van der Waals surface area contributed by atoms with Gasteiger partial charge in [0, 0.05) is 25.2 Å². The highest BCUT2D eigenvalue weighted by atomic mass is 19.1. The summed E-state index contributed by atoms with van der Waals surface area (Å²) < 4.78 is 44.7. The van der Waals surface area contributed by atoms with Gasteiger partial charge in [-0.3, -0.25) is 9.59 Å². The molecular weight excluding hydrogens is 287 g/mol. The fraction of sp³-hybridized carbons (Fsp3) is 0.429. The van der Waals surface area contributed by atoms with Crippen LogP contribution in [-0.2, 0) is 9.53 Å². The molecule has 0 spiro atoms.